The fourth-order valence-electron chi connectivity index (χ4n) is 8.65. The van der Waals surface area contributed by atoms with Crippen molar-refractivity contribution in [3.63, 3.8) is 0 Å². The Balaban J connectivity index is 1.10. The smallest absolute Gasteiger partial charge is 0.418 e. The second kappa shape index (κ2) is 13.4. The molecule has 2 bridgehead atoms. The summed E-state index contributed by atoms with van der Waals surface area (Å²) >= 11 is 8.99. The van der Waals surface area contributed by atoms with E-state index in [0.717, 1.165) is 28.4 Å². The molecule has 2 aliphatic carbocycles. The molecule has 4 aliphatic rings. The highest BCUT2D eigenvalue weighted by atomic mass is 35.5. The Morgan fingerprint density at radius 3 is 2.43 bits per heavy atom. The molecule has 7 atom stereocenters. The second-order valence-corrected chi connectivity index (χ2v) is 15.9. The number of aromatic amines is 1. The van der Waals surface area contributed by atoms with Crippen LogP contribution in [0.5, 0.6) is 5.75 Å². The minimum absolute atomic E-state index is 0.228. The van der Waals surface area contributed by atoms with Crippen LogP contribution in [0.1, 0.15) is 45.6 Å². The summed E-state index contributed by atoms with van der Waals surface area (Å²) in [6, 6.07) is 15.7. The zero-order chi connectivity index (χ0) is 37.3. The lowest BCUT2D eigenvalue weighted by Crippen LogP contribution is -2.42. The number of carbonyl (C=O) groups excluding carboxylic acids is 4. The highest BCUT2D eigenvalue weighted by molar-refractivity contribution is 8.00. The van der Waals surface area contributed by atoms with Crippen molar-refractivity contribution in [2.45, 2.75) is 35.7 Å². The zero-order valence-corrected chi connectivity index (χ0v) is 30.0. The van der Waals surface area contributed by atoms with Gasteiger partial charge in [0, 0.05) is 32.3 Å². The van der Waals surface area contributed by atoms with E-state index in [0.29, 0.717) is 43.9 Å². The number of hydrogen-bond donors (Lipinski definition) is 2. The Hall–Kier alpha value is -4.60. The number of esters is 1. The van der Waals surface area contributed by atoms with Gasteiger partial charge in [0.25, 0.3) is 5.91 Å². The predicted octanol–water partition coefficient (Wildman–Crippen LogP) is 6.98. The zero-order valence-electron chi connectivity index (χ0n) is 27.6. The van der Waals surface area contributed by atoms with E-state index < -0.39 is 71.4 Å². The van der Waals surface area contributed by atoms with E-state index in [9.17, 15) is 37.1 Å². The molecule has 3 heterocycles. The normalized spacial score (nSPS) is 25.5. The van der Waals surface area contributed by atoms with Crippen LogP contribution in [0.3, 0.4) is 0 Å². The Bertz CT molecular complexity index is 2230. The molecule has 1 saturated heterocycles. The van der Waals surface area contributed by atoms with Crippen LogP contribution in [0.4, 0.5) is 24.5 Å². The summed E-state index contributed by atoms with van der Waals surface area (Å²) in [5, 5.41) is 3.45. The van der Waals surface area contributed by atoms with Gasteiger partial charge in [-0.25, -0.2) is 9.69 Å². The van der Waals surface area contributed by atoms with Gasteiger partial charge in [-0.3, -0.25) is 19.2 Å². The molecular formula is C37H29ClF3N3O7S2. The van der Waals surface area contributed by atoms with Crippen molar-refractivity contribution in [2.24, 2.45) is 29.6 Å². The van der Waals surface area contributed by atoms with Gasteiger partial charge in [0.05, 0.1) is 40.3 Å². The Morgan fingerprint density at radius 2 is 1.72 bits per heavy atom. The van der Waals surface area contributed by atoms with Crippen molar-refractivity contribution in [1.29, 1.82) is 0 Å². The Morgan fingerprint density at radius 1 is 1.00 bits per heavy atom. The first-order chi connectivity index (χ1) is 25.3. The van der Waals surface area contributed by atoms with Crippen molar-refractivity contribution < 1.29 is 41.8 Å². The van der Waals surface area contributed by atoms with E-state index in [-0.39, 0.29) is 28.6 Å². The Labute approximate surface area is 313 Å². The molecule has 2 saturated carbocycles. The van der Waals surface area contributed by atoms with Gasteiger partial charge >= 0.3 is 17.0 Å². The molecule has 3 amide bonds. The third kappa shape index (κ3) is 6.02. The maximum absolute atomic E-state index is 14.1. The molecule has 0 spiro atoms. The first kappa shape index (κ1) is 35.4. The van der Waals surface area contributed by atoms with Gasteiger partial charge in [-0.2, -0.15) is 13.2 Å². The van der Waals surface area contributed by atoms with Gasteiger partial charge in [0.1, 0.15) is 5.75 Å². The van der Waals surface area contributed by atoms with Crippen molar-refractivity contribution in [3.8, 4) is 5.75 Å². The molecule has 2 N–H and O–H groups in total. The summed E-state index contributed by atoms with van der Waals surface area (Å²) in [5.41, 5.74) is -0.195. The summed E-state index contributed by atoms with van der Waals surface area (Å²) in [5.74, 6) is -5.20. The molecule has 1 aromatic heterocycles. The molecule has 53 heavy (non-hydrogen) atoms. The van der Waals surface area contributed by atoms with E-state index in [4.69, 9.17) is 21.1 Å². The van der Waals surface area contributed by atoms with Crippen LogP contribution in [0, 0.1) is 29.6 Å². The van der Waals surface area contributed by atoms with Gasteiger partial charge < -0.3 is 19.8 Å². The molecule has 0 radical (unpaired) electrons. The molecule has 8 rings (SSSR count). The third-order valence-electron chi connectivity index (χ3n) is 10.5. The molecule has 274 valence electrons. The van der Waals surface area contributed by atoms with E-state index in [1.807, 2.05) is 0 Å². The number of carbonyl (C=O) groups is 4. The highest BCUT2D eigenvalue weighted by Crippen LogP contribution is 2.69. The number of benzene rings is 3. The van der Waals surface area contributed by atoms with Crippen molar-refractivity contribution in [1.82, 2.24) is 4.98 Å². The monoisotopic (exact) mass is 783 g/mol. The molecule has 3 fully saturated rings. The SMILES string of the molecule is CCOC(=O)c1ccc(NC(=O)COc2ccc(Cl)cc2[C@H]2c3sc(=O)[nH]c3SC3C2[C@H]2C[C@@H]3C3C(=O)N(c4ccccc4C(F)(F)F)C(=O)C32)cc1. The molecule has 16 heteroatoms. The van der Waals surface area contributed by atoms with Crippen LogP contribution < -0.4 is 19.8 Å². The van der Waals surface area contributed by atoms with E-state index in [2.05, 4.69) is 10.3 Å². The topological polar surface area (TPSA) is 135 Å². The van der Waals surface area contributed by atoms with Gasteiger partial charge in [-0.15, -0.1) is 11.8 Å². The van der Waals surface area contributed by atoms with Gasteiger partial charge in [0.2, 0.25) is 11.8 Å². The number of para-hydroxylation sites is 1. The van der Waals surface area contributed by atoms with Crippen LogP contribution in [-0.2, 0) is 25.3 Å². The molecule has 10 nitrogen and oxygen atoms in total. The molecular weight excluding hydrogens is 755 g/mol. The summed E-state index contributed by atoms with van der Waals surface area (Å²) < 4.78 is 53.3. The van der Waals surface area contributed by atoms with Crippen LogP contribution in [0.15, 0.2) is 76.6 Å². The Kier molecular flexibility index (Phi) is 8.93. The average Bonchev–Trinajstić information content (AvgIpc) is 3.86. The lowest BCUT2D eigenvalue weighted by atomic mass is 9.68. The number of H-pyrrole nitrogens is 1. The van der Waals surface area contributed by atoms with Gasteiger partial charge in [0.15, 0.2) is 6.61 Å². The van der Waals surface area contributed by atoms with Crippen LogP contribution >= 0.6 is 34.7 Å². The van der Waals surface area contributed by atoms with Crippen LogP contribution in [-0.4, -0.2) is 47.1 Å². The van der Waals surface area contributed by atoms with E-state index in [1.165, 1.54) is 36.0 Å². The van der Waals surface area contributed by atoms with Gasteiger partial charge in [-0.1, -0.05) is 35.1 Å². The minimum atomic E-state index is -4.78. The van der Waals surface area contributed by atoms with E-state index >= 15 is 0 Å². The number of rotatable bonds is 8. The second-order valence-electron chi connectivity index (χ2n) is 13.3. The lowest BCUT2D eigenvalue weighted by Gasteiger charge is -2.43. The number of ether oxygens (including phenoxy) is 2. The van der Waals surface area contributed by atoms with Crippen LogP contribution in [0.2, 0.25) is 5.02 Å². The average molecular weight is 784 g/mol. The van der Waals surface area contributed by atoms with Crippen LogP contribution in [0.25, 0.3) is 0 Å². The maximum Gasteiger partial charge on any atom is 0.418 e. The molecule has 2 aliphatic heterocycles. The quantitative estimate of drug-likeness (QED) is 0.145. The summed E-state index contributed by atoms with van der Waals surface area (Å²) in [6.45, 7) is 1.52. The minimum Gasteiger partial charge on any atom is -0.483 e. The van der Waals surface area contributed by atoms with Crippen molar-refractivity contribution in [3.05, 3.63) is 103 Å². The number of imide groups is 1. The summed E-state index contributed by atoms with van der Waals surface area (Å²) in [6.07, 6.45) is -4.27. The number of aromatic nitrogens is 1. The third-order valence-corrected chi connectivity index (χ3v) is 13.3. The predicted molar refractivity (Wildman–Crippen MR) is 190 cm³/mol. The number of alkyl halides is 3. The van der Waals surface area contributed by atoms with E-state index in [1.54, 1.807) is 37.3 Å². The number of anilines is 2. The number of thioether (sulfide) groups is 1. The number of nitrogens with one attached hydrogen (secondary N) is 2. The summed E-state index contributed by atoms with van der Waals surface area (Å²) in [7, 11) is 0. The number of nitrogens with zero attached hydrogens (tertiary/aromatic N) is 1. The fraction of sp³-hybridized carbons (Fsp3) is 0.324. The number of halogens is 4. The summed E-state index contributed by atoms with van der Waals surface area (Å²) in [4.78, 5) is 69.9. The lowest BCUT2D eigenvalue weighted by molar-refractivity contribution is -0.137. The molecule has 3 aromatic carbocycles. The largest absolute Gasteiger partial charge is 0.483 e. The van der Waals surface area contributed by atoms with Crippen molar-refractivity contribution >= 4 is 69.8 Å². The maximum atomic E-state index is 14.1. The first-order valence-electron chi connectivity index (χ1n) is 16.8. The molecule has 4 aromatic rings. The van der Waals surface area contributed by atoms with Gasteiger partial charge in [-0.05, 0) is 85.7 Å². The highest BCUT2D eigenvalue weighted by Gasteiger charge is 2.70. The number of fused-ring (bicyclic) bond motifs is 9. The fourth-order valence-corrected chi connectivity index (χ4v) is 11.7. The first-order valence-corrected chi connectivity index (χ1v) is 18.9. The number of hydrogen-bond acceptors (Lipinski definition) is 9. The number of thiazole rings is 1. The molecule has 4 unspecified atom stereocenters. The standard InChI is InChI=1S/C37H29ClF3N3O7S2/c1-2-50-35(48)16-7-10-18(11-8-16)42-25(45)15-51-24-12-9-17(38)13-19(24)26-27-20-14-21(30(27)52-32-31(26)53-36(49)43-32)29-28(20)33(46)44(34(29)47)23-6-4-3-5-22(23)37(39,40)41/h3-13,20-21,26-30H,2,14-15H2,1H3,(H,42,45)(H,43,49)/t20-,21-,26-,27?,28?,29?,30?/m1/s1. The van der Waals surface area contributed by atoms with Crippen molar-refractivity contribution in [2.75, 3.05) is 23.4 Å². The number of amides is 3.